The summed E-state index contributed by atoms with van der Waals surface area (Å²) in [4.78, 5) is 42.2. The van der Waals surface area contributed by atoms with Crippen molar-refractivity contribution in [3.8, 4) is 0 Å². The molecule has 6 heterocycles. The summed E-state index contributed by atoms with van der Waals surface area (Å²) in [5, 5.41) is 3.63. The number of aromatic amines is 1. The second kappa shape index (κ2) is 8.18. The fourth-order valence-corrected chi connectivity index (χ4v) is 7.37. The molecule has 2 atom stereocenters. The number of halogens is 1. The Morgan fingerprint density at radius 2 is 1.76 bits per heavy atom. The number of amides is 1. The van der Waals surface area contributed by atoms with Crippen molar-refractivity contribution in [2.75, 3.05) is 66.4 Å². The number of aromatic nitrogens is 2. The lowest BCUT2D eigenvalue weighted by Crippen LogP contribution is -2.51. The summed E-state index contributed by atoms with van der Waals surface area (Å²) in [7, 11) is 3.73. The van der Waals surface area contributed by atoms with E-state index in [0.29, 0.717) is 55.2 Å². The van der Waals surface area contributed by atoms with Crippen molar-refractivity contribution in [1.29, 1.82) is 0 Å². The Morgan fingerprint density at radius 1 is 1.03 bits per heavy atom. The number of piperazine rings is 1. The number of fused-ring (bicyclic) bond motifs is 5. The molecule has 1 aromatic heterocycles. The van der Waals surface area contributed by atoms with Crippen molar-refractivity contribution in [2.45, 2.75) is 56.0 Å². The average molecular weight is 508 g/mol. The third kappa shape index (κ3) is 3.41. The summed E-state index contributed by atoms with van der Waals surface area (Å²) in [5.74, 6) is 0.958. The summed E-state index contributed by atoms with van der Waals surface area (Å²) >= 11 is 0. The van der Waals surface area contributed by atoms with E-state index in [-0.39, 0.29) is 17.3 Å². The highest BCUT2D eigenvalue weighted by Crippen LogP contribution is 2.50. The lowest BCUT2D eigenvalue weighted by molar-refractivity contribution is -0.123. The Morgan fingerprint density at radius 3 is 2.49 bits per heavy atom. The molecule has 10 heteroatoms. The van der Waals surface area contributed by atoms with Crippen LogP contribution in [-0.4, -0.2) is 74.8 Å². The number of hydrogen-bond donors (Lipinski definition) is 2. The normalized spacial score (nSPS) is 26.2. The second-order valence-electron chi connectivity index (χ2n) is 11.5. The second-order valence-corrected chi connectivity index (χ2v) is 11.5. The van der Waals surface area contributed by atoms with Gasteiger partial charge >= 0.3 is 0 Å². The van der Waals surface area contributed by atoms with Gasteiger partial charge in [0.25, 0.3) is 5.56 Å². The van der Waals surface area contributed by atoms with Gasteiger partial charge in [0.2, 0.25) is 11.9 Å². The van der Waals surface area contributed by atoms with Crippen LogP contribution in [0.15, 0.2) is 16.9 Å². The van der Waals surface area contributed by atoms with Gasteiger partial charge in [0.05, 0.1) is 16.7 Å². The number of carbonyl (C=O) groups is 1. The molecule has 2 N–H and O–H groups in total. The van der Waals surface area contributed by atoms with Crippen molar-refractivity contribution in [2.24, 2.45) is 0 Å². The van der Waals surface area contributed by atoms with Crippen molar-refractivity contribution >= 4 is 29.0 Å². The number of H-pyrrole nitrogens is 1. The molecule has 2 aromatic rings. The van der Waals surface area contributed by atoms with Crippen LogP contribution in [0.3, 0.4) is 0 Å². The topological polar surface area (TPSA) is 87.8 Å². The van der Waals surface area contributed by atoms with Crippen LogP contribution in [0, 0.1) is 5.82 Å². The predicted molar refractivity (Wildman–Crippen MR) is 142 cm³/mol. The van der Waals surface area contributed by atoms with Gasteiger partial charge in [-0.05, 0) is 50.7 Å². The molecule has 5 aliphatic rings. The van der Waals surface area contributed by atoms with E-state index >= 15 is 4.39 Å². The minimum absolute atomic E-state index is 0.0368. The third-order valence-corrected chi connectivity index (χ3v) is 9.37. The number of benzene rings is 1. The van der Waals surface area contributed by atoms with E-state index in [1.165, 1.54) is 0 Å². The maximum atomic E-state index is 15.9. The standard InChI is InChI=1S/C27H34FN7O2/c1-32-9-3-4-19-23(32)30-26(31-24(19)36)34-10-7-27(8-11-34)22-20(28)12-18(13-21(22)33(2)25(27)37)35-14-16-5-6-17(15-35)29-16/h12-13,16-17,29H,3-11,14-15H2,1-2H3,(H,30,31,36). The summed E-state index contributed by atoms with van der Waals surface area (Å²) in [5.41, 5.74) is 1.87. The molecule has 5 aliphatic heterocycles. The predicted octanol–water partition coefficient (Wildman–Crippen LogP) is 1.75. The van der Waals surface area contributed by atoms with Crippen LogP contribution in [0.5, 0.6) is 0 Å². The molecule has 2 bridgehead atoms. The van der Waals surface area contributed by atoms with Gasteiger partial charge in [-0.2, -0.15) is 4.98 Å². The first-order valence-corrected chi connectivity index (χ1v) is 13.6. The van der Waals surface area contributed by atoms with E-state index in [9.17, 15) is 9.59 Å². The van der Waals surface area contributed by atoms with E-state index in [1.54, 1.807) is 18.0 Å². The Bertz CT molecular complexity index is 1320. The molecular weight excluding hydrogens is 473 g/mol. The van der Waals surface area contributed by atoms with Crippen LogP contribution in [0.4, 0.5) is 27.5 Å². The van der Waals surface area contributed by atoms with Crippen LogP contribution in [-0.2, 0) is 16.6 Å². The molecule has 1 amide bonds. The van der Waals surface area contributed by atoms with Gasteiger partial charge < -0.3 is 24.9 Å². The van der Waals surface area contributed by atoms with Gasteiger partial charge in [0.15, 0.2) is 0 Å². The van der Waals surface area contributed by atoms with Crippen LogP contribution >= 0.6 is 0 Å². The zero-order chi connectivity index (χ0) is 25.5. The molecular formula is C27H34FN7O2. The van der Waals surface area contributed by atoms with Crippen molar-refractivity contribution in [3.05, 3.63) is 39.4 Å². The Kier molecular flexibility index (Phi) is 5.09. The molecule has 0 saturated carbocycles. The fraction of sp³-hybridized carbons (Fsp3) is 0.593. The smallest absolute Gasteiger partial charge is 0.257 e. The van der Waals surface area contributed by atoms with Gasteiger partial charge in [-0.3, -0.25) is 14.6 Å². The molecule has 196 valence electrons. The number of carbonyl (C=O) groups excluding carboxylic acids is 1. The Balaban J connectivity index is 1.17. The van der Waals surface area contributed by atoms with Gasteiger partial charge in [-0.25, -0.2) is 4.39 Å². The van der Waals surface area contributed by atoms with Crippen molar-refractivity contribution in [1.82, 2.24) is 15.3 Å². The summed E-state index contributed by atoms with van der Waals surface area (Å²) in [6.07, 6.45) is 4.96. The van der Waals surface area contributed by atoms with E-state index in [4.69, 9.17) is 4.98 Å². The molecule has 1 aromatic carbocycles. The first-order chi connectivity index (χ1) is 17.8. The zero-order valence-electron chi connectivity index (χ0n) is 21.5. The van der Waals surface area contributed by atoms with Gasteiger partial charge in [0.1, 0.15) is 11.6 Å². The molecule has 0 aliphatic carbocycles. The highest BCUT2D eigenvalue weighted by molar-refractivity contribution is 6.08. The quantitative estimate of drug-likeness (QED) is 0.640. The molecule has 3 saturated heterocycles. The van der Waals surface area contributed by atoms with E-state index in [2.05, 4.69) is 15.2 Å². The minimum atomic E-state index is -0.878. The zero-order valence-corrected chi connectivity index (χ0v) is 21.5. The molecule has 2 unspecified atom stereocenters. The summed E-state index contributed by atoms with van der Waals surface area (Å²) in [6, 6.07) is 4.56. The van der Waals surface area contributed by atoms with Crippen LogP contribution in [0.25, 0.3) is 0 Å². The molecule has 7 rings (SSSR count). The van der Waals surface area contributed by atoms with Gasteiger partial charge in [-0.15, -0.1) is 0 Å². The Hall–Kier alpha value is -3.14. The maximum Gasteiger partial charge on any atom is 0.257 e. The van der Waals surface area contributed by atoms with Gasteiger partial charge in [0, 0.05) is 70.2 Å². The van der Waals surface area contributed by atoms with Crippen LogP contribution < -0.4 is 30.5 Å². The average Bonchev–Trinajstić information content (AvgIpc) is 3.34. The molecule has 9 nitrogen and oxygen atoms in total. The fourth-order valence-electron chi connectivity index (χ4n) is 7.37. The van der Waals surface area contributed by atoms with E-state index in [0.717, 1.165) is 62.4 Å². The minimum Gasteiger partial charge on any atom is -0.368 e. The van der Waals surface area contributed by atoms with Crippen molar-refractivity contribution in [3.63, 3.8) is 0 Å². The van der Waals surface area contributed by atoms with Gasteiger partial charge in [-0.1, -0.05) is 0 Å². The van der Waals surface area contributed by atoms with Crippen LogP contribution in [0.1, 0.15) is 43.2 Å². The SMILES string of the molecule is CN1CCCc2c1nc(N1CCC3(CC1)C(=O)N(C)c1cc(N4CC5CCC(C4)N5)cc(F)c13)[nH]c2=O. The van der Waals surface area contributed by atoms with E-state index in [1.807, 2.05) is 22.9 Å². The number of anilines is 4. The van der Waals surface area contributed by atoms with Crippen molar-refractivity contribution < 1.29 is 9.18 Å². The summed E-state index contributed by atoms with van der Waals surface area (Å²) < 4.78 is 15.9. The Labute approximate surface area is 215 Å². The first kappa shape index (κ1) is 23.0. The monoisotopic (exact) mass is 507 g/mol. The number of rotatable bonds is 2. The number of nitrogens with zero attached hydrogens (tertiary/aromatic N) is 5. The van der Waals surface area contributed by atoms with E-state index < -0.39 is 5.41 Å². The van der Waals surface area contributed by atoms with Crippen LogP contribution in [0.2, 0.25) is 0 Å². The summed E-state index contributed by atoms with van der Waals surface area (Å²) in [6.45, 7) is 3.65. The number of hydrogen-bond acceptors (Lipinski definition) is 7. The largest absolute Gasteiger partial charge is 0.368 e. The molecule has 0 radical (unpaired) electrons. The molecule has 1 spiro atoms. The number of piperidine rings is 1. The number of likely N-dealkylation sites (N-methyl/N-ethyl adjacent to an activating group) is 1. The first-order valence-electron chi connectivity index (χ1n) is 13.6. The lowest BCUT2D eigenvalue weighted by Gasteiger charge is -2.39. The highest BCUT2D eigenvalue weighted by Gasteiger charge is 2.53. The molecule has 37 heavy (non-hydrogen) atoms. The highest BCUT2D eigenvalue weighted by atomic mass is 19.1. The molecule has 3 fully saturated rings. The maximum absolute atomic E-state index is 15.9. The lowest BCUT2D eigenvalue weighted by atomic mass is 9.73. The third-order valence-electron chi connectivity index (χ3n) is 9.37. The number of nitrogens with one attached hydrogen (secondary N) is 2.